The minimum atomic E-state index is -0.482. The van der Waals surface area contributed by atoms with E-state index in [4.69, 9.17) is 15.3 Å². The minimum absolute atomic E-state index is 0.106. The van der Waals surface area contributed by atoms with Crippen LogP contribution in [0.1, 0.15) is 17.9 Å². The summed E-state index contributed by atoms with van der Waals surface area (Å²) < 4.78 is 5.56. The van der Waals surface area contributed by atoms with E-state index in [2.05, 4.69) is 11.5 Å². The number of amides is 1. The molecule has 5 nitrogen and oxygen atoms in total. The Kier molecular flexibility index (Phi) is 3.95. The summed E-state index contributed by atoms with van der Waals surface area (Å²) in [6.45, 7) is 1.25. The third-order valence-electron chi connectivity index (χ3n) is 2.73. The number of fused-ring (bicyclic) bond motifs is 1. The standard InChI is InChI=1S/C12H16N2O3/c13-12(15)8-17-14-7-9-5-6-16-11-4-2-1-3-10(9)11/h1-4,9,14H,5-8H2,(H2,13,15). The lowest BCUT2D eigenvalue weighted by Crippen LogP contribution is -2.29. The second-order valence-electron chi connectivity index (χ2n) is 3.98. The number of benzene rings is 1. The van der Waals surface area contributed by atoms with Crippen LogP contribution in [0.15, 0.2) is 24.3 Å². The molecular weight excluding hydrogens is 220 g/mol. The SMILES string of the molecule is NC(=O)CONCC1CCOc2ccccc21. The molecule has 0 fully saturated rings. The van der Waals surface area contributed by atoms with Gasteiger partial charge in [-0.1, -0.05) is 18.2 Å². The molecule has 0 radical (unpaired) electrons. The molecule has 17 heavy (non-hydrogen) atoms. The Balaban J connectivity index is 1.88. The van der Waals surface area contributed by atoms with Gasteiger partial charge in [-0.25, -0.2) is 5.48 Å². The Morgan fingerprint density at radius 2 is 2.35 bits per heavy atom. The van der Waals surface area contributed by atoms with Gasteiger partial charge in [0.1, 0.15) is 12.4 Å². The number of nitrogens with two attached hydrogens (primary N) is 1. The molecule has 1 amide bonds. The van der Waals surface area contributed by atoms with Gasteiger partial charge in [0, 0.05) is 12.5 Å². The molecule has 1 aromatic rings. The third-order valence-corrected chi connectivity index (χ3v) is 2.73. The maximum absolute atomic E-state index is 10.5. The molecule has 0 aliphatic carbocycles. The summed E-state index contributed by atoms with van der Waals surface area (Å²) in [5.74, 6) is 0.790. The van der Waals surface area contributed by atoms with Gasteiger partial charge in [0.25, 0.3) is 0 Å². The molecule has 0 aromatic heterocycles. The van der Waals surface area contributed by atoms with E-state index in [0.29, 0.717) is 19.1 Å². The van der Waals surface area contributed by atoms with Crippen LogP contribution in [0.5, 0.6) is 5.75 Å². The second-order valence-corrected chi connectivity index (χ2v) is 3.98. The number of hydrogen-bond acceptors (Lipinski definition) is 4. The Morgan fingerprint density at radius 1 is 1.53 bits per heavy atom. The first-order chi connectivity index (χ1) is 8.27. The summed E-state index contributed by atoms with van der Waals surface area (Å²) in [6, 6.07) is 7.96. The fraction of sp³-hybridized carbons (Fsp3) is 0.417. The van der Waals surface area contributed by atoms with E-state index >= 15 is 0 Å². The van der Waals surface area contributed by atoms with Crippen molar-refractivity contribution < 1.29 is 14.4 Å². The number of para-hydroxylation sites is 1. The highest BCUT2D eigenvalue weighted by Gasteiger charge is 2.20. The van der Waals surface area contributed by atoms with Gasteiger partial charge < -0.3 is 10.5 Å². The van der Waals surface area contributed by atoms with E-state index in [1.165, 1.54) is 5.56 Å². The number of hydrogen-bond donors (Lipinski definition) is 2. The van der Waals surface area contributed by atoms with E-state index in [1.54, 1.807) is 0 Å². The summed E-state index contributed by atoms with van der Waals surface area (Å²) >= 11 is 0. The number of carbonyl (C=O) groups is 1. The molecule has 0 saturated heterocycles. The van der Waals surface area contributed by atoms with Crippen molar-refractivity contribution in [2.24, 2.45) is 5.73 Å². The summed E-state index contributed by atoms with van der Waals surface area (Å²) in [4.78, 5) is 15.4. The normalized spacial score (nSPS) is 18.2. The average molecular weight is 236 g/mol. The van der Waals surface area contributed by atoms with Crippen LogP contribution in [-0.4, -0.2) is 25.7 Å². The molecule has 1 aliphatic heterocycles. The molecule has 0 spiro atoms. The maximum Gasteiger partial charge on any atom is 0.245 e. The molecule has 3 N–H and O–H groups in total. The van der Waals surface area contributed by atoms with Gasteiger partial charge in [0.15, 0.2) is 0 Å². The summed E-state index contributed by atoms with van der Waals surface area (Å²) in [7, 11) is 0. The zero-order chi connectivity index (χ0) is 12.1. The highest BCUT2D eigenvalue weighted by molar-refractivity contribution is 5.74. The van der Waals surface area contributed by atoms with Gasteiger partial charge in [-0.05, 0) is 18.1 Å². The fourth-order valence-corrected chi connectivity index (χ4v) is 1.91. The van der Waals surface area contributed by atoms with Gasteiger partial charge >= 0.3 is 0 Å². The molecule has 2 rings (SSSR count). The molecule has 5 heteroatoms. The van der Waals surface area contributed by atoms with Crippen molar-refractivity contribution in [3.63, 3.8) is 0 Å². The molecule has 92 valence electrons. The lowest BCUT2D eigenvalue weighted by molar-refractivity contribution is -0.125. The van der Waals surface area contributed by atoms with Crippen molar-refractivity contribution in [2.45, 2.75) is 12.3 Å². The Morgan fingerprint density at radius 3 is 3.18 bits per heavy atom. The summed E-state index contributed by atoms with van der Waals surface area (Å²) in [6.07, 6.45) is 0.934. The first kappa shape index (κ1) is 11.9. The molecule has 1 atom stereocenters. The number of ether oxygens (including phenoxy) is 1. The zero-order valence-electron chi connectivity index (χ0n) is 9.52. The third kappa shape index (κ3) is 3.18. The van der Waals surface area contributed by atoms with E-state index in [1.807, 2.05) is 18.2 Å². The highest BCUT2D eigenvalue weighted by Crippen LogP contribution is 2.32. The Labute approximate surface area is 99.8 Å². The van der Waals surface area contributed by atoms with Crippen LogP contribution in [0.25, 0.3) is 0 Å². The van der Waals surface area contributed by atoms with Crippen LogP contribution in [0.4, 0.5) is 0 Å². The number of primary amides is 1. The number of hydroxylamine groups is 1. The Hall–Kier alpha value is -1.59. The molecule has 1 unspecified atom stereocenters. The van der Waals surface area contributed by atoms with Crippen LogP contribution < -0.4 is 16.0 Å². The molecule has 1 aromatic carbocycles. The molecule has 0 saturated carbocycles. The van der Waals surface area contributed by atoms with Gasteiger partial charge in [0.2, 0.25) is 5.91 Å². The monoisotopic (exact) mass is 236 g/mol. The van der Waals surface area contributed by atoms with Gasteiger partial charge in [-0.15, -0.1) is 0 Å². The number of carbonyl (C=O) groups excluding carboxylic acids is 1. The number of nitrogens with one attached hydrogen (secondary N) is 1. The largest absolute Gasteiger partial charge is 0.493 e. The van der Waals surface area contributed by atoms with Gasteiger partial charge in [-0.3, -0.25) is 9.63 Å². The first-order valence-corrected chi connectivity index (χ1v) is 5.62. The van der Waals surface area contributed by atoms with E-state index in [9.17, 15) is 4.79 Å². The molecule has 0 bridgehead atoms. The lowest BCUT2D eigenvalue weighted by atomic mass is 9.93. The van der Waals surface area contributed by atoms with Crippen molar-refractivity contribution >= 4 is 5.91 Å². The van der Waals surface area contributed by atoms with Crippen molar-refractivity contribution in [2.75, 3.05) is 19.8 Å². The second kappa shape index (κ2) is 5.65. The Bertz CT molecular complexity index is 395. The summed E-state index contributed by atoms with van der Waals surface area (Å²) in [5, 5.41) is 0. The van der Waals surface area contributed by atoms with E-state index in [0.717, 1.165) is 12.2 Å². The average Bonchev–Trinajstić information content (AvgIpc) is 2.34. The lowest BCUT2D eigenvalue weighted by Gasteiger charge is -2.25. The molecule has 1 heterocycles. The van der Waals surface area contributed by atoms with Crippen LogP contribution in [-0.2, 0) is 9.63 Å². The smallest absolute Gasteiger partial charge is 0.245 e. The van der Waals surface area contributed by atoms with Crippen LogP contribution in [0, 0.1) is 0 Å². The van der Waals surface area contributed by atoms with Crippen LogP contribution in [0.2, 0.25) is 0 Å². The number of rotatable bonds is 5. The maximum atomic E-state index is 10.5. The van der Waals surface area contributed by atoms with Crippen molar-refractivity contribution in [1.29, 1.82) is 0 Å². The van der Waals surface area contributed by atoms with E-state index < -0.39 is 5.91 Å². The summed E-state index contributed by atoms with van der Waals surface area (Å²) in [5.41, 5.74) is 8.91. The predicted octanol–water partition coefficient (Wildman–Crippen LogP) is 0.559. The van der Waals surface area contributed by atoms with E-state index in [-0.39, 0.29) is 6.61 Å². The van der Waals surface area contributed by atoms with Crippen molar-refractivity contribution in [1.82, 2.24) is 5.48 Å². The highest BCUT2D eigenvalue weighted by atomic mass is 16.6. The predicted molar refractivity (Wildman–Crippen MR) is 62.4 cm³/mol. The van der Waals surface area contributed by atoms with Gasteiger partial charge in [-0.2, -0.15) is 0 Å². The van der Waals surface area contributed by atoms with Gasteiger partial charge in [0.05, 0.1) is 6.61 Å². The zero-order valence-corrected chi connectivity index (χ0v) is 9.52. The van der Waals surface area contributed by atoms with Crippen LogP contribution in [0.3, 0.4) is 0 Å². The van der Waals surface area contributed by atoms with Crippen molar-refractivity contribution in [3.8, 4) is 5.75 Å². The van der Waals surface area contributed by atoms with Crippen molar-refractivity contribution in [3.05, 3.63) is 29.8 Å². The molecular formula is C12H16N2O3. The fourth-order valence-electron chi connectivity index (χ4n) is 1.91. The molecule has 1 aliphatic rings. The minimum Gasteiger partial charge on any atom is -0.493 e. The quantitative estimate of drug-likeness (QED) is 0.578. The van der Waals surface area contributed by atoms with Crippen LogP contribution >= 0.6 is 0 Å². The first-order valence-electron chi connectivity index (χ1n) is 5.62. The topological polar surface area (TPSA) is 73.6 Å².